The van der Waals surface area contributed by atoms with Gasteiger partial charge in [-0.3, -0.25) is 0 Å². The molecular weight excluding hydrogens is 631 g/mol. The van der Waals surface area contributed by atoms with Crippen LogP contribution in [0.1, 0.15) is 0 Å². The van der Waals surface area contributed by atoms with Crippen LogP contribution in [0.4, 0.5) is 17.1 Å². The number of nitrogens with zero attached hydrogens (tertiary/aromatic N) is 1. The molecule has 10 aromatic rings. The highest BCUT2D eigenvalue weighted by atomic mass is 16.3. The number of hydrogen-bond donors (Lipinski definition) is 0. The molecule has 0 aliphatic rings. The number of anilines is 3. The van der Waals surface area contributed by atoms with E-state index in [1.165, 1.54) is 49.4 Å². The molecule has 0 radical (unpaired) electrons. The van der Waals surface area contributed by atoms with E-state index in [9.17, 15) is 0 Å². The zero-order chi connectivity index (χ0) is 34.4. The Kier molecular flexibility index (Phi) is 7.18. The first-order valence-electron chi connectivity index (χ1n) is 17.8. The number of benzene rings is 9. The highest BCUT2D eigenvalue weighted by molar-refractivity contribution is 6.14. The Morgan fingerprint density at radius 3 is 1.75 bits per heavy atom. The van der Waals surface area contributed by atoms with Crippen LogP contribution in [0.25, 0.3) is 76.9 Å². The summed E-state index contributed by atoms with van der Waals surface area (Å²) in [6.45, 7) is 0. The highest BCUT2D eigenvalue weighted by Crippen LogP contribution is 2.46. The highest BCUT2D eigenvalue weighted by Gasteiger charge is 2.22. The molecule has 0 fully saturated rings. The normalized spacial score (nSPS) is 11.5. The first-order valence-corrected chi connectivity index (χ1v) is 17.8. The van der Waals surface area contributed by atoms with Gasteiger partial charge in [-0.05, 0) is 104 Å². The lowest BCUT2D eigenvalue weighted by atomic mass is 9.96. The lowest BCUT2D eigenvalue weighted by molar-refractivity contribution is 0.669. The van der Waals surface area contributed by atoms with Gasteiger partial charge in [0.25, 0.3) is 0 Å². The van der Waals surface area contributed by atoms with Crippen LogP contribution in [-0.2, 0) is 0 Å². The summed E-state index contributed by atoms with van der Waals surface area (Å²) in [5.74, 6) is 0. The predicted octanol–water partition coefficient (Wildman–Crippen LogP) is 14.4. The third-order valence-corrected chi connectivity index (χ3v) is 10.2. The largest absolute Gasteiger partial charge is 0.456 e. The van der Waals surface area contributed by atoms with E-state index in [4.69, 9.17) is 4.42 Å². The minimum atomic E-state index is 0.871. The van der Waals surface area contributed by atoms with E-state index in [-0.39, 0.29) is 0 Å². The van der Waals surface area contributed by atoms with Gasteiger partial charge in [-0.1, -0.05) is 146 Å². The average Bonchev–Trinajstić information content (AvgIpc) is 3.61. The Hall–Kier alpha value is -6.90. The van der Waals surface area contributed by atoms with Crippen molar-refractivity contribution >= 4 is 60.5 Å². The van der Waals surface area contributed by atoms with E-state index < -0.39 is 0 Å². The number of para-hydroxylation sites is 2. The van der Waals surface area contributed by atoms with Crippen LogP contribution in [0.5, 0.6) is 0 Å². The Labute approximate surface area is 302 Å². The maximum Gasteiger partial charge on any atom is 0.137 e. The summed E-state index contributed by atoms with van der Waals surface area (Å²) in [5, 5.41) is 7.08. The minimum Gasteiger partial charge on any atom is -0.456 e. The van der Waals surface area contributed by atoms with Gasteiger partial charge in [0.1, 0.15) is 11.2 Å². The molecule has 0 aliphatic carbocycles. The number of hydrogen-bond acceptors (Lipinski definition) is 2. The molecule has 1 heterocycles. The van der Waals surface area contributed by atoms with Crippen molar-refractivity contribution in [2.24, 2.45) is 0 Å². The fourth-order valence-corrected chi connectivity index (χ4v) is 7.68. The van der Waals surface area contributed by atoms with Gasteiger partial charge < -0.3 is 9.32 Å². The molecule has 0 spiro atoms. The molecule has 52 heavy (non-hydrogen) atoms. The van der Waals surface area contributed by atoms with Gasteiger partial charge in [-0.25, -0.2) is 0 Å². The van der Waals surface area contributed by atoms with Crippen molar-refractivity contribution in [3.8, 4) is 33.4 Å². The lowest BCUT2D eigenvalue weighted by Gasteiger charge is -2.29. The molecule has 0 N–H and O–H groups in total. The molecule has 2 heteroatoms. The van der Waals surface area contributed by atoms with Crippen LogP contribution in [-0.4, -0.2) is 0 Å². The summed E-state index contributed by atoms with van der Waals surface area (Å²) in [5.41, 5.74) is 12.1. The third kappa shape index (κ3) is 5.21. The Balaban J connectivity index is 1.14. The molecule has 10 rings (SSSR count). The van der Waals surface area contributed by atoms with Gasteiger partial charge in [-0.15, -0.1) is 0 Å². The van der Waals surface area contributed by atoms with E-state index in [1.54, 1.807) is 0 Å². The summed E-state index contributed by atoms with van der Waals surface area (Å²) in [6, 6.07) is 71.8. The maximum atomic E-state index is 6.40. The summed E-state index contributed by atoms with van der Waals surface area (Å²) < 4.78 is 6.40. The summed E-state index contributed by atoms with van der Waals surface area (Å²) in [6.07, 6.45) is 0. The molecule has 0 aliphatic heterocycles. The van der Waals surface area contributed by atoms with Crippen molar-refractivity contribution < 1.29 is 4.42 Å². The topological polar surface area (TPSA) is 16.4 Å². The van der Waals surface area contributed by atoms with Gasteiger partial charge >= 0.3 is 0 Å². The zero-order valence-electron chi connectivity index (χ0n) is 28.4. The van der Waals surface area contributed by atoms with Gasteiger partial charge in [0.2, 0.25) is 0 Å². The van der Waals surface area contributed by atoms with E-state index in [0.717, 1.165) is 44.6 Å². The first kappa shape index (κ1) is 30.0. The second-order valence-corrected chi connectivity index (χ2v) is 13.4. The predicted molar refractivity (Wildman–Crippen MR) is 220 cm³/mol. The zero-order valence-corrected chi connectivity index (χ0v) is 28.4. The van der Waals surface area contributed by atoms with Crippen molar-refractivity contribution in [3.05, 3.63) is 200 Å². The monoisotopic (exact) mass is 663 g/mol. The van der Waals surface area contributed by atoms with Crippen LogP contribution >= 0.6 is 0 Å². The van der Waals surface area contributed by atoms with Gasteiger partial charge in [-0.2, -0.15) is 0 Å². The Morgan fingerprint density at radius 2 is 0.904 bits per heavy atom. The molecule has 0 saturated heterocycles. The number of rotatable bonds is 6. The second kappa shape index (κ2) is 12.5. The summed E-state index contributed by atoms with van der Waals surface area (Å²) in [7, 11) is 0. The quantitative estimate of drug-likeness (QED) is 0.176. The Bertz CT molecular complexity index is 2920. The van der Waals surface area contributed by atoms with E-state index in [1.807, 2.05) is 12.1 Å². The van der Waals surface area contributed by atoms with Crippen LogP contribution in [0.2, 0.25) is 0 Å². The van der Waals surface area contributed by atoms with Gasteiger partial charge in [0, 0.05) is 16.6 Å². The van der Waals surface area contributed by atoms with Crippen molar-refractivity contribution in [1.82, 2.24) is 0 Å². The molecule has 9 aromatic carbocycles. The van der Waals surface area contributed by atoms with Crippen LogP contribution in [0.3, 0.4) is 0 Å². The molecular formula is C50H33NO. The molecule has 1 aromatic heterocycles. The average molecular weight is 664 g/mol. The van der Waals surface area contributed by atoms with Crippen molar-refractivity contribution in [1.29, 1.82) is 0 Å². The van der Waals surface area contributed by atoms with E-state index >= 15 is 0 Å². The summed E-state index contributed by atoms with van der Waals surface area (Å²) >= 11 is 0. The third-order valence-electron chi connectivity index (χ3n) is 10.2. The molecule has 2 nitrogen and oxygen atoms in total. The molecule has 0 unspecified atom stereocenters. The van der Waals surface area contributed by atoms with Crippen molar-refractivity contribution in [2.75, 3.05) is 4.90 Å². The lowest BCUT2D eigenvalue weighted by Crippen LogP contribution is -2.11. The van der Waals surface area contributed by atoms with Crippen LogP contribution in [0, 0.1) is 0 Å². The number of fused-ring (bicyclic) bond motifs is 5. The first-order chi connectivity index (χ1) is 25.8. The minimum absolute atomic E-state index is 0.871. The fourth-order valence-electron chi connectivity index (χ4n) is 7.68. The molecule has 0 atom stereocenters. The smallest absolute Gasteiger partial charge is 0.137 e. The van der Waals surface area contributed by atoms with Gasteiger partial charge in [0.15, 0.2) is 0 Å². The van der Waals surface area contributed by atoms with E-state index in [2.05, 4.69) is 193 Å². The molecule has 0 amide bonds. The molecule has 244 valence electrons. The van der Waals surface area contributed by atoms with Gasteiger partial charge in [0.05, 0.1) is 16.8 Å². The second-order valence-electron chi connectivity index (χ2n) is 13.4. The summed E-state index contributed by atoms with van der Waals surface area (Å²) in [4.78, 5) is 2.40. The van der Waals surface area contributed by atoms with E-state index in [0.29, 0.717) is 0 Å². The van der Waals surface area contributed by atoms with Crippen molar-refractivity contribution in [2.45, 2.75) is 0 Å². The number of furan rings is 1. The van der Waals surface area contributed by atoms with Crippen LogP contribution in [0.15, 0.2) is 205 Å². The SMILES string of the molecule is c1ccc(-c2ccccc2N(c2ccc3ccc(-c4cccc(-c5ccc6ccccc6c5)c4)cc3c2)c2cccc3oc4ccccc4c23)cc1. The standard InChI is InChI=1S/C50H33NO/c1-2-13-36(14-3-1)44-18-6-8-20-46(44)51(47-21-11-23-49-50(47)45-19-7-9-22-48(45)52-49)43-29-28-35-25-27-41(32-42(35)33-43)39-17-10-16-38(31-39)40-26-24-34-12-4-5-15-37(34)30-40/h1-33H. The molecule has 0 saturated carbocycles. The Morgan fingerprint density at radius 1 is 0.327 bits per heavy atom. The van der Waals surface area contributed by atoms with Crippen molar-refractivity contribution in [3.63, 3.8) is 0 Å². The fraction of sp³-hybridized carbons (Fsp3) is 0. The van der Waals surface area contributed by atoms with Crippen LogP contribution < -0.4 is 4.90 Å². The maximum absolute atomic E-state index is 6.40. The molecule has 0 bridgehead atoms.